The van der Waals surface area contributed by atoms with Crippen LogP contribution in [-0.4, -0.2) is 49.5 Å². The lowest BCUT2D eigenvalue weighted by Crippen LogP contribution is -2.31. The summed E-state index contributed by atoms with van der Waals surface area (Å²) >= 11 is 1.30. The van der Waals surface area contributed by atoms with E-state index in [4.69, 9.17) is 0 Å². The average molecular weight is 331 g/mol. The Morgan fingerprint density at radius 1 is 1.43 bits per heavy atom. The van der Waals surface area contributed by atoms with Gasteiger partial charge in [0.2, 0.25) is 15.9 Å². The fourth-order valence-electron chi connectivity index (χ4n) is 1.43. The Hall–Kier alpha value is -1.12. The molecule has 0 bridgehead atoms. The summed E-state index contributed by atoms with van der Waals surface area (Å²) in [6.45, 7) is 4.43. The summed E-state index contributed by atoms with van der Waals surface area (Å²) in [7, 11) is -0.527. The van der Waals surface area contributed by atoms with Crippen molar-refractivity contribution in [3.63, 3.8) is 0 Å². The first-order chi connectivity index (χ1) is 9.78. The highest BCUT2D eigenvalue weighted by Crippen LogP contribution is 2.22. The largest absolute Gasteiger partial charge is 0.355 e. The molecule has 1 unspecified atom stereocenters. The van der Waals surface area contributed by atoms with Gasteiger partial charge in [-0.05, 0) is 25.5 Å². The number of thioether (sulfide) groups is 1. The number of aromatic nitrogens is 1. The van der Waals surface area contributed by atoms with Crippen molar-refractivity contribution >= 4 is 27.7 Å². The van der Waals surface area contributed by atoms with Crippen molar-refractivity contribution in [2.45, 2.75) is 35.4 Å². The average Bonchev–Trinajstić information content (AvgIpc) is 2.45. The number of hydrogen-bond donors (Lipinski definition) is 1. The van der Waals surface area contributed by atoms with Crippen molar-refractivity contribution in [3.8, 4) is 0 Å². The van der Waals surface area contributed by atoms with Crippen molar-refractivity contribution in [1.82, 2.24) is 14.6 Å². The summed E-state index contributed by atoms with van der Waals surface area (Å²) in [5.41, 5.74) is 0. The van der Waals surface area contributed by atoms with Crippen molar-refractivity contribution in [1.29, 1.82) is 0 Å². The Balaban J connectivity index is 2.73. The van der Waals surface area contributed by atoms with Crippen molar-refractivity contribution < 1.29 is 13.2 Å². The van der Waals surface area contributed by atoms with Gasteiger partial charge < -0.3 is 5.32 Å². The molecule has 0 aliphatic heterocycles. The molecule has 1 aromatic rings. The molecule has 0 radical (unpaired) electrons. The van der Waals surface area contributed by atoms with Crippen LogP contribution in [-0.2, 0) is 14.8 Å². The number of sulfonamides is 1. The van der Waals surface area contributed by atoms with Crippen LogP contribution in [0.15, 0.2) is 28.3 Å². The summed E-state index contributed by atoms with van der Waals surface area (Å²) in [6, 6.07) is 3.12. The van der Waals surface area contributed by atoms with Crippen molar-refractivity contribution in [3.05, 3.63) is 18.3 Å². The fourth-order valence-corrected chi connectivity index (χ4v) is 3.09. The number of rotatable bonds is 7. The molecule has 1 aromatic heterocycles. The van der Waals surface area contributed by atoms with Crippen LogP contribution in [0, 0.1) is 0 Å². The minimum atomic E-state index is -3.47. The van der Waals surface area contributed by atoms with E-state index in [0.717, 1.165) is 10.7 Å². The normalized spacial score (nSPS) is 13.2. The van der Waals surface area contributed by atoms with Crippen LogP contribution >= 0.6 is 11.8 Å². The number of nitrogens with one attached hydrogen (secondary N) is 1. The maximum Gasteiger partial charge on any atom is 0.244 e. The first-order valence-corrected chi connectivity index (χ1v) is 8.94. The number of pyridine rings is 1. The van der Waals surface area contributed by atoms with E-state index in [0.29, 0.717) is 11.6 Å². The molecule has 0 fully saturated rings. The van der Waals surface area contributed by atoms with Crippen LogP contribution in [0.4, 0.5) is 0 Å². The lowest BCUT2D eigenvalue weighted by atomic mass is 10.4. The summed E-state index contributed by atoms with van der Waals surface area (Å²) in [5.74, 6) is -0.0476. The van der Waals surface area contributed by atoms with E-state index in [2.05, 4.69) is 10.3 Å². The third-order valence-electron chi connectivity index (χ3n) is 2.70. The van der Waals surface area contributed by atoms with Gasteiger partial charge in [-0.1, -0.05) is 18.7 Å². The predicted octanol–water partition coefficient (Wildman–Crippen LogP) is 1.34. The molecule has 0 saturated carbocycles. The van der Waals surface area contributed by atoms with Gasteiger partial charge in [-0.15, -0.1) is 0 Å². The van der Waals surface area contributed by atoms with Crippen LogP contribution in [0.2, 0.25) is 0 Å². The summed E-state index contributed by atoms with van der Waals surface area (Å²) in [6.07, 6.45) is 2.20. The van der Waals surface area contributed by atoms with Crippen LogP contribution in [0.25, 0.3) is 0 Å². The molecule has 1 rings (SSSR count). The molecule has 118 valence electrons. The quantitative estimate of drug-likeness (QED) is 0.763. The van der Waals surface area contributed by atoms with Crippen molar-refractivity contribution in [2.75, 3.05) is 20.6 Å². The standard InChI is InChI=1S/C13H21N3O3S2/c1-5-8-14-13(17)10(2)20-12-7-6-11(9-15-12)21(18,19)16(3)4/h6-7,9-10H,5,8H2,1-4H3,(H,14,17). The van der Waals surface area contributed by atoms with Crippen LogP contribution in [0.5, 0.6) is 0 Å². The summed E-state index contributed by atoms with van der Waals surface area (Å²) in [4.78, 5) is 16.0. The molecule has 0 aliphatic carbocycles. The van der Waals surface area contributed by atoms with Gasteiger partial charge >= 0.3 is 0 Å². The lowest BCUT2D eigenvalue weighted by Gasteiger charge is -2.13. The number of hydrogen-bond acceptors (Lipinski definition) is 5. The highest BCUT2D eigenvalue weighted by molar-refractivity contribution is 8.00. The predicted molar refractivity (Wildman–Crippen MR) is 83.7 cm³/mol. The maximum atomic E-state index is 11.9. The number of nitrogens with zero attached hydrogens (tertiary/aromatic N) is 2. The van der Waals surface area contributed by atoms with Gasteiger partial charge in [-0.25, -0.2) is 17.7 Å². The Morgan fingerprint density at radius 3 is 2.57 bits per heavy atom. The summed E-state index contributed by atoms with van der Waals surface area (Å²) in [5, 5.41) is 3.15. The Bertz CT molecular complexity index is 571. The molecule has 0 aromatic carbocycles. The Kier molecular flexibility index (Phi) is 6.63. The Morgan fingerprint density at radius 2 is 2.10 bits per heavy atom. The zero-order valence-corrected chi connectivity index (χ0v) is 14.3. The SMILES string of the molecule is CCCNC(=O)C(C)Sc1ccc(S(=O)(=O)N(C)C)cn1. The van der Waals surface area contributed by atoms with Gasteiger partial charge in [0, 0.05) is 26.8 Å². The molecule has 21 heavy (non-hydrogen) atoms. The van der Waals surface area contributed by atoms with Crippen LogP contribution in [0.1, 0.15) is 20.3 Å². The molecule has 6 nitrogen and oxygen atoms in total. The van der Waals surface area contributed by atoms with Gasteiger partial charge in [0.15, 0.2) is 0 Å². The number of amides is 1. The zero-order valence-electron chi connectivity index (χ0n) is 12.7. The second kappa shape index (κ2) is 7.77. The second-order valence-corrected chi connectivity index (χ2v) is 8.18. The topological polar surface area (TPSA) is 79.4 Å². The third kappa shape index (κ3) is 4.98. The molecule has 0 aliphatic rings. The monoisotopic (exact) mass is 331 g/mol. The van der Waals surface area contributed by atoms with E-state index >= 15 is 0 Å². The fraction of sp³-hybridized carbons (Fsp3) is 0.538. The lowest BCUT2D eigenvalue weighted by molar-refractivity contribution is -0.120. The molecular weight excluding hydrogens is 310 g/mol. The molecule has 8 heteroatoms. The first-order valence-electron chi connectivity index (χ1n) is 6.62. The van der Waals surface area contributed by atoms with E-state index in [-0.39, 0.29) is 16.1 Å². The minimum absolute atomic E-state index is 0.0476. The van der Waals surface area contributed by atoms with E-state index in [1.54, 1.807) is 13.0 Å². The third-order valence-corrected chi connectivity index (χ3v) is 5.55. The first kappa shape index (κ1) is 17.9. The van der Waals surface area contributed by atoms with Gasteiger partial charge in [0.25, 0.3) is 0 Å². The minimum Gasteiger partial charge on any atom is -0.355 e. The van der Waals surface area contributed by atoms with Gasteiger partial charge in [-0.3, -0.25) is 4.79 Å². The molecule has 0 saturated heterocycles. The number of carbonyl (C=O) groups is 1. The summed E-state index contributed by atoms with van der Waals surface area (Å²) < 4.78 is 25.0. The Labute approximate surface area is 130 Å². The highest BCUT2D eigenvalue weighted by Gasteiger charge is 2.19. The van der Waals surface area contributed by atoms with Gasteiger partial charge in [-0.2, -0.15) is 0 Å². The molecule has 1 heterocycles. The van der Waals surface area contributed by atoms with Gasteiger partial charge in [0.05, 0.1) is 10.3 Å². The molecular formula is C13H21N3O3S2. The van der Waals surface area contributed by atoms with Crippen LogP contribution in [0.3, 0.4) is 0 Å². The van der Waals surface area contributed by atoms with E-state index < -0.39 is 10.0 Å². The molecule has 1 N–H and O–H groups in total. The van der Waals surface area contributed by atoms with E-state index in [9.17, 15) is 13.2 Å². The van der Waals surface area contributed by atoms with Crippen LogP contribution < -0.4 is 5.32 Å². The highest BCUT2D eigenvalue weighted by atomic mass is 32.2. The molecule has 1 amide bonds. The maximum absolute atomic E-state index is 11.9. The number of carbonyl (C=O) groups excluding carboxylic acids is 1. The smallest absolute Gasteiger partial charge is 0.244 e. The van der Waals surface area contributed by atoms with Gasteiger partial charge in [0.1, 0.15) is 4.90 Å². The molecule has 0 spiro atoms. The molecule has 1 atom stereocenters. The zero-order chi connectivity index (χ0) is 16.0. The van der Waals surface area contributed by atoms with Crippen molar-refractivity contribution in [2.24, 2.45) is 0 Å². The second-order valence-electron chi connectivity index (χ2n) is 4.67. The van der Waals surface area contributed by atoms with E-state index in [1.807, 2.05) is 6.92 Å². The van der Waals surface area contributed by atoms with E-state index in [1.165, 1.54) is 38.1 Å².